The molecule has 1 N–H and O–H groups in total. The summed E-state index contributed by atoms with van der Waals surface area (Å²) >= 11 is 3.50. The van der Waals surface area contributed by atoms with Gasteiger partial charge >= 0.3 is 0 Å². The lowest BCUT2D eigenvalue weighted by Gasteiger charge is -2.26. The van der Waals surface area contributed by atoms with E-state index in [1.54, 1.807) is 0 Å². The number of anilines is 1. The quantitative estimate of drug-likeness (QED) is 0.792. The number of rotatable bonds is 2. The van der Waals surface area contributed by atoms with Crippen LogP contribution in [0, 0.1) is 0 Å². The standard InChI is InChI=1S/C19H19BrN2O2.ClH/c1-22-7-5-15-13(11-22)3-2-4-17(15)21-19(23)16-10-14(20)9-12-6-8-24-18(12)16;/h2-4,9-10H,5-8,11H2,1H3,(H,21,23);1H. The Bertz CT molecular complexity index is 825. The minimum absolute atomic E-state index is 0. The number of carbonyl (C=O) groups is 1. The molecule has 0 bridgehead atoms. The highest BCUT2D eigenvalue weighted by Crippen LogP contribution is 2.34. The third-order valence-corrected chi connectivity index (χ3v) is 5.16. The van der Waals surface area contributed by atoms with Crippen LogP contribution in [0.1, 0.15) is 27.0 Å². The Kier molecular flexibility index (Phi) is 5.37. The van der Waals surface area contributed by atoms with Crippen molar-refractivity contribution in [3.63, 3.8) is 0 Å². The van der Waals surface area contributed by atoms with Crippen LogP contribution in [-0.4, -0.2) is 31.0 Å². The molecule has 2 aromatic rings. The van der Waals surface area contributed by atoms with Gasteiger partial charge in [0.2, 0.25) is 0 Å². The Labute approximate surface area is 162 Å². The van der Waals surface area contributed by atoms with E-state index in [2.05, 4.69) is 39.3 Å². The number of nitrogens with zero attached hydrogens (tertiary/aromatic N) is 1. The molecule has 0 aliphatic carbocycles. The van der Waals surface area contributed by atoms with Crippen LogP contribution in [0.15, 0.2) is 34.8 Å². The normalized spacial score (nSPS) is 15.6. The van der Waals surface area contributed by atoms with Gasteiger partial charge in [-0.05, 0) is 48.4 Å². The predicted molar refractivity (Wildman–Crippen MR) is 105 cm³/mol. The van der Waals surface area contributed by atoms with Crippen LogP contribution < -0.4 is 10.1 Å². The van der Waals surface area contributed by atoms with Gasteiger partial charge in [-0.15, -0.1) is 12.4 Å². The lowest BCUT2D eigenvalue weighted by molar-refractivity contribution is 0.102. The molecule has 4 nitrogen and oxygen atoms in total. The summed E-state index contributed by atoms with van der Waals surface area (Å²) in [6, 6.07) is 10.00. The van der Waals surface area contributed by atoms with E-state index >= 15 is 0 Å². The number of hydrogen-bond donors (Lipinski definition) is 1. The molecule has 2 heterocycles. The number of hydrogen-bond acceptors (Lipinski definition) is 3. The Balaban J connectivity index is 0.00000182. The molecule has 6 heteroatoms. The van der Waals surface area contributed by atoms with E-state index < -0.39 is 0 Å². The monoisotopic (exact) mass is 422 g/mol. The first-order valence-corrected chi connectivity index (χ1v) is 8.97. The van der Waals surface area contributed by atoms with Crippen molar-refractivity contribution in [3.8, 4) is 5.75 Å². The van der Waals surface area contributed by atoms with Crippen molar-refractivity contribution in [2.75, 3.05) is 25.5 Å². The van der Waals surface area contributed by atoms with Gasteiger partial charge in [-0.25, -0.2) is 0 Å². The molecular weight excluding hydrogens is 404 g/mol. The maximum Gasteiger partial charge on any atom is 0.259 e. The molecule has 0 radical (unpaired) electrons. The molecule has 1 amide bonds. The van der Waals surface area contributed by atoms with Crippen molar-refractivity contribution < 1.29 is 9.53 Å². The van der Waals surface area contributed by atoms with Gasteiger partial charge in [-0.3, -0.25) is 4.79 Å². The van der Waals surface area contributed by atoms with E-state index in [0.29, 0.717) is 12.2 Å². The molecule has 0 atom stereocenters. The first-order valence-electron chi connectivity index (χ1n) is 8.17. The van der Waals surface area contributed by atoms with Crippen molar-refractivity contribution in [1.29, 1.82) is 0 Å². The van der Waals surface area contributed by atoms with E-state index in [-0.39, 0.29) is 18.3 Å². The van der Waals surface area contributed by atoms with Gasteiger partial charge in [0.05, 0.1) is 12.2 Å². The first-order chi connectivity index (χ1) is 11.6. The molecule has 4 rings (SSSR count). The van der Waals surface area contributed by atoms with Gasteiger partial charge in [0.1, 0.15) is 5.75 Å². The van der Waals surface area contributed by atoms with E-state index in [1.807, 2.05) is 24.3 Å². The minimum atomic E-state index is -0.109. The van der Waals surface area contributed by atoms with Crippen LogP contribution in [0.3, 0.4) is 0 Å². The Hall–Kier alpha value is -1.56. The SMILES string of the molecule is CN1CCc2c(cccc2NC(=O)c2cc(Br)cc3c2OCC3)C1.Cl. The molecule has 0 aromatic heterocycles. The number of amides is 1. The van der Waals surface area contributed by atoms with Gasteiger partial charge in [0, 0.05) is 29.7 Å². The van der Waals surface area contributed by atoms with Gasteiger partial charge in [-0.1, -0.05) is 28.1 Å². The third kappa shape index (κ3) is 3.54. The lowest BCUT2D eigenvalue weighted by atomic mass is 9.98. The number of nitrogens with one attached hydrogen (secondary N) is 1. The highest BCUT2D eigenvalue weighted by atomic mass is 79.9. The molecule has 0 saturated heterocycles. The second kappa shape index (κ2) is 7.36. The van der Waals surface area contributed by atoms with Crippen molar-refractivity contribution in [3.05, 3.63) is 57.1 Å². The second-order valence-corrected chi connectivity index (χ2v) is 7.34. The fraction of sp³-hybridized carbons (Fsp3) is 0.316. The van der Waals surface area contributed by atoms with Crippen LogP contribution in [0.25, 0.3) is 0 Å². The Morgan fingerprint density at radius 3 is 2.92 bits per heavy atom. The highest BCUT2D eigenvalue weighted by Gasteiger charge is 2.23. The molecular formula is C19H20BrClN2O2. The van der Waals surface area contributed by atoms with E-state index in [1.165, 1.54) is 11.1 Å². The van der Waals surface area contributed by atoms with Gasteiger partial charge < -0.3 is 15.0 Å². The topological polar surface area (TPSA) is 41.6 Å². The van der Waals surface area contributed by atoms with E-state index in [0.717, 1.165) is 47.4 Å². The van der Waals surface area contributed by atoms with Crippen LogP contribution in [0.4, 0.5) is 5.69 Å². The number of fused-ring (bicyclic) bond motifs is 2. The predicted octanol–water partition coefficient (Wildman–Crippen LogP) is 4.05. The maximum absolute atomic E-state index is 12.9. The summed E-state index contributed by atoms with van der Waals surface area (Å²) in [5.41, 5.74) is 5.14. The molecule has 2 aliphatic rings. The summed E-state index contributed by atoms with van der Waals surface area (Å²) in [5, 5.41) is 3.10. The number of halogens is 2. The van der Waals surface area contributed by atoms with E-state index in [4.69, 9.17) is 4.74 Å². The molecule has 25 heavy (non-hydrogen) atoms. The van der Waals surface area contributed by atoms with Crippen LogP contribution in [0.5, 0.6) is 5.75 Å². The van der Waals surface area contributed by atoms with Crippen LogP contribution in [0.2, 0.25) is 0 Å². The van der Waals surface area contributed by atoms with Gasteiger partial charge in [0.15, 0.2) is 0 Å². The van der Waals surface area contributed by atoms with Crippen molar-refractivity contribution in [2.24, 2.45) is 0 Å². The molecule has 0 fully saturated rings. The summed E-state index contributed by atoms with van der Waals surface area (Å²) in [4.78, 5) is 15.1. The van der Waals surface area contributed by atoms with Crippen LogP contribution in [-0.2, 0) is 19.4 Å². The first kappa shape index (κ1) is 18.2. The molecule has 132 valence electrons. The summed E-state index contributed by atoms with van der Waals surface area (Å²) in [7, 11) is 2.12. The molecule has 0 spiro atoms. The van der Waals surface area contributed by atoms with Crippen LogP contribution >= 0.6 is 28.3 Å². The average molecular weight is 424 g/mol. The fourth-order valence-corrected chi connectivity index (χ4v) is 4.00. The number of carbonyl (C=O) groups excluding carboxylic acids is 1. The summed E-state index contributed by atoms with van der Waals surface area (Å²) in [5.74, 6) is 0.613. The van der Waals surface area contributed by atoms with E-state index in [9.17, 15) is 4.79 Å². The molecule has 2 aromatic carbocycles. The summed E-state index contributed by atoms with van der Waals surface area (Å²) in [6.45, 7) is 2.57. The molecule has 0 saturated carbocycles. The van der Waals surface area contributed by atoms with Gasteiger partial charge in [-0.2, -0.15) is 0 Å². The smallest absolute Gasteiger partial charge is 0.259 e. The zero-order chi connectivity index (χ0) is 16.7. The highest BCUT2D eigenvalue weighted by molar-refractivity contribution is 9.10. The van der Waals surface area contributed by atoms with Crippen molar-refractivity contribution in [2.45, 2.75) is 19.4 Å². The number of likely N-dealkylation sites (N-methyl/N-ethyl adjacent to an activating group) is 1. The van der Waals surface area contributed by atoms with Crippen molar-refractivity contribution in [1.82, 2.24) is 4.90 Å². The minimum Gasteiger partial charge on any atom is -0.492 e. The fourth-order valence-electron chi connectivity index (χ4n) is 3.50. The van der Waals surface area contributed by atoms with Crippen molar-refractivity contribution >= 4 is 39.9 Å². The average Bonchev–Trinajstić information content (AvgIpc) is 3.02. The maximum atomic E-state index is 12.9. The Morgan fingerprint density at radius 1 is 1.24 bits per heavy atom. The number of benzene rings is 2. The lowest BCUT2D eigenvalue weighted by Crippen LogP contribution is -2.27. The second-order valence-electron chi connectivity index (χ2n) is 6.43. The summed E-state index contributed by atoms with van der Waals surface area (Å²) < 4.78 is 6.59. The number of ether oxygens (including phenoxy) is 1. The zero-order valence-electron chi connectivity index (χ0n) is 14.0. The largest absolute Gasteiger partial charge is 0.492 e. The Morgan fingerprint density at radius 2 is 2.08 bits per heavy atom. The molecule has 2 aliphatic heterocycles. The molecule has 0 unspecified atom stereocenters. The van der Waals surface area contributed by atoms with Gasteiger partial charge in [0.25, 0.3) is 5.91 Å². The zero-order valence-corrected chi connectivity index (χ0v) is 16.4. The summed E-state index contributed by atoms with van der Waals surface area (Å²) in [6.07, 6.45) is 1.80. The third-order valence-electron chi connectivity index (χ3n) is 4.70.